The number of hydrogen-bond donors (Lipinski definition) is 1. The molecule has 0 saturated heterocycles. The Hall–Kier alpha value is -2.94. The maximum Gasteiger partial charge on any atom is 0.573 e. The number of amides is 1. The zero-order valence-electron chi connectivity index (χ0n) is 16.5. The molecule has 0 spiro atoms. The molecule has 0 heterocycles. The number of carbonyl (C=O) groups is 1. The summed E-state index contributed by atoms with van der Waals surface area (Å²) in [6, 6.07) is 10.1. The molecule has 1 N–H and O–H groups in total. The molecule has 158 valence electrons. The topological polar surface area (TPSA) is 60.0 Å². The molecule has 0 aliphatic heterocycles. The molecule has 29 heavy (non-hydrogen) atoms. The summed E-state index contributed by atoms with van der Waals surface area (Å²) in [6.07, 6.45) is -4.73. The summed E-state index contributed by atoms with van der Waals surface area (Å²) in [4.78, 5) is 14.4. The predicted octanol–water partition coefficient (Wildman–Crippen LogP) is 4.06. The second-order valence-corrected chi connectivity index (χ2v) is 6.34. The first-order valence-electron chi connectivity index (χ1n) is 8.70. The number of nitrogens with zero attached hydrogens (tertiary/aromatic N) is 1. The standard InChI is InChI=1S/C20H23F3N2O4/c1-13(19(26)24-17-11-16(27-3)9-10-18(17)28-4)25(2)12-14-5-7-15(8-6-14)29-20(21,22)23/h5-11,13H,12H2,1-4H3,(H,24,26). The van der Waals surface area contributed by atoms with Gasteiger partial charge in [-0.3, -0.25) is 9.69 Å². The van der Waals surface area contributed by atoms with Crippen molar-refractivity contribution in [1.82, 2.24) is 4.90 Å². The summed E-state index contributed by atoms with van der Waals surface area (Å²) in [7, 11) is 4.77. The van der Waals surface area contributed by atoms with Crippen LogP contribution in [0.5, 0.6) is 17.2 Å². The first kappa shape index (κ1) is 22.4. The SMILES string of the molecule is COc1ccc(OC)c(NC(=O)C(C)N(C)Cc2ccc(OC(F)(F)F)cc2)c1. The molecule has 0 aliphatic rings. The van der Waals surface area contributed by atoms with Crippen molar-refractivity contribution >= 4 is 11.6 Å². The van der Waals surface area contributed by atoms with Crippen molar-refractivity contribution in [2.24, 2.45) is 0 Å². The Kier molecular flexibility index (Phi) is 7.33. The van der Waals surface area contributed by atoms with Gasteiger partial charge in [0.15, 0.2) is 0 Å². The third kappa shape index (κ3) is 6.56. The monoisotopic (exact) mass is 412 g/mol. The smallest absolute Gasteiger partial charge is 0.497 e. The van der Waals surface area contributed by atoms with Crippen molar-refractivity contribution in [3.8, 4) is 17.2 Å². The van der Waals surface area contributed by atoms with E-state index in [0.717, 1.165) is 5.56 Å². The van der Waals surface area contributed by atoms with Gasteiger partial charge in [0.1, 0.15) is 17.2 Å². The molecule has 6 nitrogen and oxygen atoms in total. The molecular weight excluding hydrogens is 389 g/mol. The van der Waals surface area contributed by atoms with Gasteiger partial charge in [0.2, 0.25) is 5.91 Å². The maximum atomic E-state index is 12.6. The fourth-order valence-corrected chi connectivity index (χ4v) is 2.57. The lowest BCUT2D eigenvalue weighted by atomic mass is 10.1. The number of benzene rings is 2. The lowest BCUT2D eigenvalue weighted by Gasteiger charge is -2.24. The van der Waals surface area contributed by atoms with Crippen LogP contribution in [0, 0.1) is 0 Å². The highest BCUT2D eigenvalue weighted by molar-refractivity contribution is 5.96. The number of likely N-dealkylation sites (N-methyl/N-ethyl adjacent to an activating group) is 1. The quantitative estimate of drug-likeness (QED) is 0.709. The van der Waals surface area contributed by atoms with Crippen LogP contribution in [0.25, 0.3) is 0 Å². The molecule has 0 aromatic heterocycles. The number of nitrogens with one attached hydrogen (secondary N) is 1. The Bertz CT molecular complexity index is 825. The summed E-state index contributed by atoms with van der Waals surface area (Å²) in [5.41, 5.74) is 1.21. The molecule has 0 radical (unpaired) electrons. The van der Waals surface area contributed by atoms with Gasteiger partial charge in [0, 0.05) is 12.6 Å². The number of ether oxygens (including phenoxy) is 3. The van der Waals surface area contributed by atoms with Crippen molar-refractivity contribution in [3.05, 3.63) is 48.0 Å². The van der Waals surface area contributed by atoms with Gasteiger partial charge in [0.05, 0.1) is 25.9 Å². The van der Waals surface area contributed by atoms with Crippen LogP contribution < -0.4 is 19.5 Å². The van der Waals surface area contributed by atoms with Crippen LogP contribution in [0.1, 0.15) is 12.5 Å². The van der Waals surface area contributed by atoms with E-state index in [1.54, 1.807) is 37.1 Å². The van der Waals surface area contributed by atoms with Gasteiger partial charge in [-0.25, -0.2) is 0 Å². The third-order valence-electron chi connectivity index (χ3n) is 4.29. The van der Waals surface area contributed by atoms with E-state index < -0.39 is 12.4 Å². The highest BCUT2D eigenvalue weighted by atomic mass is 19.4. The fourth-order valence-electron chi connectivity index (χ4n) is 2.57. The lowest BCUT2D eigenvalue weighted by Crippen LogP contribution is -2.39. The van der Waals surface area contributed by atoms with Gasteiger partial charge in [-0.15, -0.1) is 13.2 Å². The van der Waals surface area contributed by atoms with E-state index >= 15 is 0 Å². The van der Waals surface area contributed by atoms with E-state index in [4.69, 9.17) is 9.47 Å². The van der Waals surface area contributed by atoms with E-state index in [2.05, 4.69) is 10.1 Å². The van der Waals surface area contributed by atoms with Crippen LogP contribution in [0.3, 0.4) is 0 Å². The molecule has 1 unspecified atom stereocenters. The Morgan fingerprint density at radius 2 is 1.69 bits per heavy atom. The minimum atomic E-state index is -4.73. The van der Waals surface area contributed by atoms with E-state index in [1.807, 2.05) is 0 Å². The normalized spacial score (nSPS) is 12.4. The largest absolute Gasteiger partial charge is 0.573 e. The van der Waals surface area contributed by atoms with Gasteiger partial charge in [0.25, 0.3) is 0 Å². The molecular formula is C20H23F3N2O4. The maximum absolute atomic E-state index is 12.6. The van der Waals surface area contributed by atoms with Crippen molar-refractivity contribution in [2.45, 2.75) is 25.9 Å². The molecule has 0 bridgehead atoms. The minimum absolute atomic E-state index is 0.268. The Balaban J connectivity index is 2.01. The van der Waals surface area contributed by atoms with E-state index in [1.165, 1.54) is 38.5 Å². The van der Waals surface area contributed by atoms with Crippen LogP contribution in [0.4, 0.5) is 18.9 Å². The van der Waals surface area contributed by atoms with Crippen LogP contribution in [0.15, 0.2) is 42.5 Å². The zero-order chi connectivity index (χ0) is 21.6. The Labute approximate surface area is 167 Å². The van der Waals surface area contributed by atoms with Gasteiger partial charge in [-0.1, -0.05) is 12.1 Å². The average Bonchev–Trinajstić information content (AvgIpc) is 2.67. The molecule has 2 aromatic rings. The third-order valence-corrected chi connectivity index (χ3v) is 4.29. The molecule has 1 amide bonds. The van der Waals surface area contributed by atoms with Crippen LogP contribution >= 0.6 is 0 Å². The number of hydrogen-bond acceptors (Lipinski definition) is 5. The van der Waals surface area contributed by atoms with Gasteiger partial charge >= 0.3 is 6.36 Å². The lowest BCUT2D eigenvalue weighted by molar-refractivity contribution is -0.274. The van der Waals surface area contributed by atoms with E-state index in [9.17, 15) is 18.0 Å². The number of carbonyl (C=O) groups excluding carboxylic acids is 1. The van der Waals surface area contributed by atoms with Crippen molar-refractivity contribution in [2.75, 3.05) is 26.6 Å². The number of anilines is 1. The van der Waals surface area contributed by atoms with Gasteiger partial charge in [-0.2, -0.15) is 0 Å². The molecule has 0 saturated carbocycles. The Morgan fingerprint density at radius 3 is 2.24 bits per heavy atom. The minimum Gasteiger partial charge on any atom is -0.497 e. The summed E-state index contributed by atoms with van der Waals surface area (Å²) < 4.78 is 51.0. The van der Waals surface area contributed by atoms with Crippen molar-refractivity contribution in [3.63, 3.8) is 0 Å². The first-order valence-corrected chi connectivity index (χ1v) is 8.70. The molecule has 0 aliphatic carbocycles. The molecule has 2 aromatic carbocycles. The highest BCUT2D eigenvalue weighted by Crippen LogP contribution is 2.29. The van der Waals surface area contributed by atoms with Crippen LogP contribution in [0.2, 0.25) is 0 Å². The van der Waals surface area contributed by atoms with Crippen LogP contribution in [-0.4, -0.2) is 44.5 Å². The molecule has 2 rings (SSSR count). The highest BCUT2D eigenvalue weighted by Gasteiger charge is 2.31. The van der Waals surface area contributed by atoms with E-state index in [0.29, 0.717) is 23.7 Å². The molecule has 1 atom stereocenters. The van der Waals surface area contributed by atoms with Gasteiger partial charge < -0.3 is 19.5 Å². The predicted molar refractivity (Wildman–Crippen MR) is 102 cm³/mol. The summed E-state index contributed by atoms with van der Waals surface area (Å²) in [6.45, 7) is 2.08. The summed E-state index contributed by atoms with van der Waals surface area (Å²) >= 11 is 0. The average molecular weight is 412 g/mol. The second-order valence-electron chi connectivity index (χ2n) is 6.34. The Morgan fingerprint density at radius 1 is 1.07 bits per heavy atom. The number of halogens is 3. The van der Waals surface area contributed by atoms with Crippen molar-refractivity contribution < 1.29 is 32.2 Å². The summed E-state index contributed by atoms with van der Waals surface area (Å²) in [5, 5.41) is 2.81. The summed E-state index contributed by atoms with van der Waals surface area (Å²) in [5.74, 6) is 0.508. The number of rotatable bonds is 8. The van der Waals surface area contributed by atoms with Gasteiger partial charge in [-0.05, 0) is 43.8 Å². The number of alkyl halides is 3. The second kappa shape index (κ2) is 9.51. The fraction of sp³-hybridized carbons (Fsp3) is 0.350. The molecule has 0 fully saturated rings. The molecule has 9 heteroatoms. The zero-order valence-corrected chi connectivity index (χ0v) is 16.5. The number of methoxy groups -OCH3 is 2. The first-order chi connectivity index (χ1) is 13.6. The van der Waals surface area contributed by atoms with E-state index in [-0.39, 0.29) is 11.7 Å². The van der Waals surface area contributed by atoms with Crippen molar-refractivity contribution in [1.29, 1.82) is 0 Å². The van der Waals surface area contributed by atoms with Crippen LogP contribution in [-0.2, 0) is 11.3 Å².